The van der Waals surface area contributed by atoms with Crippen molar-refractivity contribution < 1.29 is 4.79 Å². The lowest BCUT2D eigenvalue weighted by atomic mass is 10.1. The molecule has 0 aliphatic heterocycles. The molecule has 0 aliphatic rings. The number of benzene rings is 1. The zero-order valence-electron chi connectivity index (χ0n) is 17.2. The first-order valence-corrected chi connectivity index (χ1v) is 9.73. The Hall–Kier alpha value is -2.96. The van der Waals surface area contributed by atoms with Gasteiger partial charge in [0.15, 0.2) is 0 Å². The van der Waals surface area contributed by atoms with Gasteiger partial charge in [-0.25, -0.2) is 9.50 Å². The molecule has 0 aliphatic carbocycles. The maximum Gasteiger partial charge on any atom is 0.252 e. The third-order valence-electron chi connectivity index (χ3n) is 5.04. The smallest absolute Gasteiger partial charge is 0.252 e. The lowest BCUT2D eigenvalue weighted by Gasteiger charge is -2.27. The molecule has 0 atom stereocenters. The van der Waals surface area contributed by atoms with E-state index >= 15 is 0 Å². The lowest BCUT2D eigenvalue weighted by Crippen LogP contribution is -2.30. The van der Waals surface area contributed by atoms with Gasteiger partial charge in [-0.1, -0.05) is 0 Å². The second kappa shape index (κ2) is 8.37. The summed E-state index contributed by atoms with van der Waals surface area (Å²) in [6, 6.07) is 8.45. The number of carbonyl (C=O) groups excluding carboxylic acids is 1. The van der Waals surface area contributed by atoms with Crippen LogP contribution in [0.3, 0.4) is 0 Å². The van der Waals surface area contributed by atoms with Gasteiger partial charge in [0.1, 0.15) is 6.33 Å². The van der Waals surface area contributed by atoms with E-state index in [9.17, 15) is 4.79 Å². The van der Waals surface area contributed by atoms with Crippen LogP contribution in [0.15, 0.2) is 30.6 Å². The molecule has 1 aromatic carbocycles. The van der Waals surface area contributed by atoms with Crippen LogP contribution in [0.25, 0.3) is 5.78 Å². The second-order valence-electron chi connectivity index (χ2n) is 7.21. The first-order chi connectivity index (χ1) is 13.4. The van der Waals surface area contributed by atoms with E-state index in [-0.39, 0.29) is 5.91 Å². The molecule has 0 unspecified atom stereocenters. The number of nitrogens with one attached hydrogen (secondary N) is 1. The van der Waals surface area contributed by atoms with Gasteiger partial charge in [0, 0.05) is 41.8 Å². The summed E-state index contributed by atoms with van der Waals surface area (Å²) in [5.41, 5.74) is 4.88. The van der Waals surface area contributed by atoms with E-state index in [0.717, 1.165) is 34.9 Å². The highest BCUT2D eigenvalue weighted by Gasteiger charge is 2.13. The molecule has 0 saturated carbocycles. The van der Waals surface area contributed by atoms with Crippen molar-refractivity contribution in [2.24, 2.45) is 0 Å². The van der Waals surface area contributed by atoms with Crippen molar-refractivity contribution >= 4 is 23.1 Å². The van der Waals surface area contributed by atoms with E-state index in [4.69, 9.17) is 0 Å². The average molecular weight is 380 g/mol. The van der Waals surface area contributed by atoms with Crippen LogP contribution in [0.2, 0.25) is 0 Å². The highest BCUT2D eigenvalue weighted by atomic mass is 16.1. The fourth-order valence-electron chi connectivity index (χ4n) is 3.56. The van der Waals surface area contributed by atoms with Crippen molar-refractivity contribution in [3.8, 4) is 0 Å². The zero-order chi connectivity index (χ0) is 20.3. The molecule has 0 radical (unpaired) electrons. The van der Waals surface area contributed by atoms with Crippen LogP contribution >= 0.6 is 0 Å². The van der Waals surface area contributed by atoms with E-state index in [1.54, 1.807) is 4.52 Å². The molecular formula is C21H28N6O. The Labute approximate surface area is 165 Å². The van der Waals surface area contributed by atoms with E-state index in [1.807, 2.05) is 26.0 Å². The van der Waals surface area contributed by atoms with Gasteiger partial charge < -0.3 is 10.2 Å². The fourth-order valence-corrected chi connectivity index (χ4v) is 3.56. The number of nitrogens with zero attached hydrogens (tertiary/aromatic N) is 5. The van der Waals surface area contributed by atoms with Crippen LogP contribution < -0.4 is 10.2 Å². The van der Waals surface area contributed by atoms with Crippen molar-refractivity contribution in [2.75, 3.05) is 16.8 Å². The molecule has 0 bridgehead atoms. The van der Waals surface area contributed by atoms with E-state index in [2.05, 4.69) is 58.2 Å². The van der Waals surface area contributed by atoms with Crippen LogP contribution in [-0.4, -0.2) is 38.1 Å². The molecule has 2 heterocycles. The van der Waals surface area contributed by atoms with Gasteiger partial charge in [-0.15, -0.1) is 0 Å². The van der Waals surface area contributed by atoms with Gasteiger partial charge in [-0.2, -0.15) is 10.1 Å². The number of anilines is 2. The second-order valence-corrected chi connectivity index (χ2v) is 7.21. The van der Waals surface area contributed by atoms with E-state index < -0.39 is 0 Å². The van der Waals surface area contributed by atoms with Gasteiger partial charge in [0.05, 0.1) is 0 Å². The summed E-state index contributed by atoms with van der Waals surface area (Å²) < 4.78 is 1.72. The summed E-state index contributed by atoms with van der Waals surface area (Å²) in [5.74, 6) is 0.576. The first-order valence-electron chi connectivity index (χ1n) is 9.73. The molecule has 148 valence electrons. The number of hydrogen-bond donors (Lipinski definition) is 1. The molecule has 28 heavy (non-hydrogen) atoms. The molecule has 3 aromatic rings. The summed E-state index contributed by atoms with van der Waals surface area (Å²) in [6.45, 7) is 11.4. The Balaban J connectivity index is 1.63. The van der Waals surface area contributed by atoms with Crippen molar-refractivity contribution in [3.05, 3.63) is 47.5 Å². The lowest BCUT2D eigenvalue weighted by molar-refractivity contribution is -0.116. The van der Waals surface area contributed by atoms with Crippen molar-refractivity contribution in [3.63, 3.8) is 0 Å². The number of rotatable bonds is 7. The molecule has 0 saturated heterocycles. The summed E-state index contributed by atoms with van der Waals surface area (Å²) in [7, 11) is 0. The van der Waals surface area contributed by atoms with Gasteiger partial charge >= 0.3 is 0 Å². The SMILES string of the molecule is CCN(c1ccc(NC(=O)CCc2c(C)nc3ncnn3c2C)cc1)C(C)C. The molecule has 7 heteroatoms. The minimum absolute atomic E-state index is 0.0126. The molecular weight excluding hydrogens is 352 g/mol. The summed E-state index contributed by atoms with van der Waals surface area (Å²) in [5, 5.41) is 7.18. The maximum absolute atomic E-state index is 12.4. The Bertz CT molecular complexity index is 961. The molecule has 0 spiro atoms. The first kappa shape index (κ1) is 19.8. The highest BCUT2D eigenvalue weighted by molar-refractivity contribution is 5.91. The minimum atomic E-state index is -0.0126. The van der Waals surface area contributed by atoms with Crippen LogP contribution in [0.5, 0.6) is 0 Å². The van der Waals surface area contributed by atoms with Crippen molar-refractivity contribution in [2.45, 2.75) is 53.5 Å². The molecule has 1 N–H and O–H groups in total. The molecule has 3 rings (SSSR count). The predicted octanol–water partition coefficient (Wildman–Crippen LogP) is 3.55. The Morgan fingerprint density at radius 3 is 2.57 bits per heavy atom. The molecule has 7 nitrogen and oxygen atoms in total. The topological polar surface area (TPSA) is 75.4 Å². The maximum atomic E-state index is 12.4. The fraction of sp³-hybridized carbons (Fsp3) is 0.429. The predicted molar refractivity (Wildman–Crippen MR) is 112 cm³/mol. The highest BCUT2D eigenvalue weighted by Crippen LogP contribution is 2.20. The van der Waals surface area contributed by atoms with Crippen LogP contribution in [0.1, 0.15) is 44.1 Å². The minimum Gasteiger partial charge on any atom is -0.369 e. The average Bonchev–Trinajstić information content (AvgIpc) is 3.11. The van der Waals surface area contributed by atoms with Gasteiger partial charge in [-0.05, 0) is 70.9 Å². The third kappa shape index (κ3) is 4.13. The monoisotopic (exact) mass is 380 g/mol. The van der Waals surface area contributed by atoms with E-state index in [1.165, 1.54) is 6.33 Å². The Morgan fingerprint density at radius 1 is 1.21 bits per heavy atom. The Morgan fingerprint density at radius 2 is 1.93 bits per heavy atom. The standard InChI is InChI=1S/C21H28N6O/c1-6-26(14(2)3)18-9-7-17(8-10-18)25-20(28)12-11-19-15(4)24-21-22-13-23-27(21)16(19)5/h7-10,13-14H,6,11-12H2,1-5H3,(H,25,28). The number of fused-ring (bicyclic) bond motifs is 1. The molecule has 2 aromatic heterocycles. The molecule has 0 fully saturated rings. The summed E-state index contributed by atoms with van der Waals surface area (Å²) in [4.78, 5) is 23.3. The van der Waals surface area contributed by atoms with E-state index in [0.29, 0.717) is 24.7 Å². The number of aryl methyl sites for hydroxylation is 2. The van der Waals surface area contributed by atoms with Crippen molar-refractivity contribution in [1.29, 1.82) is 0 Å². The normalized spacial score (nSPS) is 11.2. The van der Waals surface area contributed by atoms with Crippen LogP contribution in [0, 0.1) is 13.8 Å². The molecule has 1 amide bonds. The van der Waals surface area contributed by atoms with Gasteiger partial charge in [0.25, 0.3) is 5.78 Å². The number of carbonyl (C=O) groups is 1. The van der Waals surface area contributed by atoms with Gasteiger partial charge in [-0.3, -0.25) is 4.79 Å². The number of aromatic nitrogens is 4. The summed E-state index contributed by atoms with van der Waals surface area (Å²) in [6.07, 6.45) is 2.49. The summed E-state index contributed by atoms with van der Waals surface area (Å²) >= 11 is 0. The van der Waals surface area contributed by atoms with Crippen LogP contribution in [-0.2, 0) is 11.2 Å². The largest absolute Gasteiger partial charge is 0.369 e. The van der Waals surface area contributed by atoms with Gasteiger partial charge in [0.2, 0.25) is 5.91 Å². The van der Waals surface area contributed by atoms with Crippen molar-refractivity contribution in [1.82, 2.24) is 19.6 Å². The number of amides is 1. The number of hydrogen-bond acceptors (Lipinski definition) is 5. The van der Waals surface area contributed by atoms with Crippen LogP contribution in [0.4, 0.5) is 11.4 Å². The third-order valence-corrected chi connectivity index (χ3v) is 5.04. The quantitative estimate of drug-likeness (QED) is 0.678. The Kier molecular flexibility index (Phi) is 5.92. The zero-order valence-corrected chi connectivity index (χ0v) is 17.2.